The summed E-state index contributed by atoms with van der Waals surface area (Å²) in [6.45, 7) is 0.589. The van der Waals surface area contributed by atoms with Crippen LogP contribution in [0.5, 0.6) is 0 Å². The molecule has 1 aliphatic carbocycles. The van der Waals surface area contributed by atoms with E-state index in [9.17, 15) is 9.59 Å². The Hall–Kier alpha value is -2.62. The van der Waals surface area contributed by atoms with E-state index in [1.54, 1.807) is 6.07 Å². The Kier molecular flexibility index (Phi) is 4.49. The lowest BCUT2D eigenvalue weighted by Gasteiger charge is -2.31. The van der Waals surface area contributed by atoms with Gasteiger partial charge in [0.05, 0.1) is 5.56 Å². The first-order chi connectivity index (χ1) is 12.7. The van der Waals surface area contributed by atoms with E-state index in [0.29, 0.717) is 18.5 Å². The number of carbonyl (C=O) groups is 2. The van der Waals surface area contributed by atoms with Gasteiger partial charge in [-0.15, -0.1) is 0 Å². The molecule has 2 aliphatic rings. The van der Waals surface area contributed by atoms with Gasteiger partial charge in [0.25, 0.3) is 5.91 Å². The van der Waals surface area contributed by atoms with E-state index in [4.69, 9.17) is 4.74 Å². The molecule has 4 nitrogen and oxygen atoms in total. The van der Waals surface area contributed by atoms with Gasteiger partial charge in [-0.05, 0) is 30.0 Å². The highest BCUT2D eigenvalue weighted by molar-refractivity contribution is 5.95. The Labute approximate surface area is 153 Å². The van der Waals surface area contributed by atoms with Crippen LogP contribution in [0.25, 0.3) is 0 Å². The second kappa shape index (κ2) is 6.94. The van der Waals surface area contributed by atoms with Crippen LogP contribution in [0.15, 0.2) is 54.6 Å². The molecule has 2 aromatic rings. The molecule has 1 aliphatic heterocycles. The molecule has 1 N–H and O–H groups in total. The third kappa shape index (κ3) is 3.12. The molecule has 0 aromatic heterocycles. The number of carbonyl (C=O) groups excluding carboxylic acids is 2. The monoisotopic (exact) mass is 349 g/mol. The first-order valence-corrected chi connectivity index (χ1v) is 9.30. The molecule has 4 heteroatoms. The third-order valence-electron chi connectivity index (χ3n) is 5.73. The van der Waals surface area contributed by atoms with Crippen molar-refractivity contribution >= 4 is 11.9 Å². The molecule has 2 aromatic carbocycles. The highest BCUT2D eigenvalue weighted by atomic mass is 16.5. The zero-order valence-electron chi connectivity index (χ0n) is 14.7. The van der Waals surface area contributed by atoms with Crippen molar-refractivity contribution in [3.8, 4) is 0 Å². The van der Waals surface area contributed by atoms with E-state index < -0.39 is 12.1 Å². The van der Waals surface area contributed by atoms with Crippen molar-refractivity contribution in [1.82, 2.24) is 5.32 Å². The van der Waals surface area contributed by atoms with Crippen LogP contribution in [0.4, 0.5) is 0 Å². The Balaban J connectivity index is 1.46. The topological polar surface area (TPSA) is 55.4 Å². The van der Waals surface area contributed by atoms with Crippen LogP contribution in [0.2, 0.25) is 0 Å². The van der Waals surface area contributed by atoms with Crippen LogP contribution in [0.3, 0.4) is 0 Å². The summed E-state index contributed by atoms with van der Waals surface area (Å²) in [5.41, 5.74) is 2.72. The number of esters is 1. The number of hydrogen-bond donors (Lipinski definition) is 1. The normalized spacial score (nSPS) is 20.9. The molecule has 1 heterocycles. The molecular formula is C22H23NO3. The second-order valence-electron chi connectivity index (χ2n) is 7.33. The summed E-state index contributed by atoms with van der Waals surface area (Å²) in [6, 6.07) is 17.7. The minimum atomic E-state index is -0.744. The molecule has 1 fully saturated rings. The number of fused-ring (bicyclic) bond motifs is 1. The molecule has 1 atom stereocenters. The standard InChI is InChI=1S/C22H23NO3/c24-20(19-14-16-8-4-5-11-18(16)21(25)26-19)23-15-22(12-6-7-13-22)17-9-2-1-3-10-17/h1-5,8-11,19H,6-7,12-15H2,(H,23,24). The third-order valence-corrected chi connectivity index (χ3v) is 5.73. The number of rotatable bonds is 4. The largest absolute Gasteiger partial charge is 0.448 e. The van der Waals surface area contributed by atoms with Crippen molar-refractivity contribution in [3.63, 3.8) is 0 Å². The molecule has 0 saturated heterocycles. The summed E-state index contributed by atoms with van der Waals surface area (Å²) in [4.78, 5) is 24.8. The van der Waals surface area contributed by atoms with Crippen LogP contribution in [0.1, 0.15) is 47.2 Å². The van der Waals surface area contributed by atoms with Gasteiger partial charge < -0.3 is 10.1 Å². The van der Waals surface area contributed by atoms with E-state index in [2.05, 4.69) is 29.6 Å². The van der Waals surface area contributed by atoms with Crippen LogP contribution >= 0.6 is 0 Å². The number of nitrogens with one attached hydrogen (secondary N) is 1. The van der Waals surface area contributed by atoms with Gasteiger partial charge in [-0.1, -0.05) is 61.4 Å². The van der Waals surface area contributed by atoms with Gasteiger partial charge in [0.15, 0.2) is 6.10 Å². The highest BCUT2D eigenvalue weighted by Gasteiger charge is 2.37. The summed E-state index contributed by atoms with van der Waals surface area (Å²) in [7, 11) is 0. The van der Waals surface area contributed by atoms with Crippen molar-refractivity contribution in [1.29, 1.82) is 0 Å². The average molecular weight is 349 g/mol. The van der Waals surface area contributed by atoms with Crippen molar-refractivity contribution in [2.75, 3.05) is 6.54 Å². The van der Waals surface area contributed by atoms with Crippen molar-refractivity contribution < 1.29 is 14.3 Å². The molecule has 1 saturated carbocycles. The smallest absolute Gasteiger partial charge is 0.339 e. The molecule has 0 radical (unpaired) electrons. The number of benzene rings is 2. The van der Waals surface area contributed by atoms with Gasteiger partial charge in [-0.2, -0.15) is 0 Å². The van der Waals surface area contributed by atoms with E-state index in [-0.39, 0.29) is 11.3 Å². The maximum atomic E-state index is 12.7. The first-order valence-electron chi connectivity index (χ1n) is 9.30. The zero-order valence-corrected chi connectivity index (χ0v) is 14.7. The van der Waals surface area contributed by atoms with Crippen molar-refractivity contribution in [3.05, 3.63) is 71.3 Å². The zero-order chi connectivity index (χ0) is 18.0. The maximum absolute atomic E-state index is 12.7. The molecule has 1 unspecified atom stereocenters. The van der Waals surface area contributed by atoms with E-state index in [1.807, 2.05) is 24.3 Å². The van der Waals surface area contributed by atoms with E-state index in [1.165, 1.54) is 18.4 Å². The lowest BCUT2D eigenvalue weighted by Crippen LogP contribution is -2.46. The first kappa shape index (κ1) is 16.8. The maximum Gasteiger partial charge on any atom is 0.339 e. The Bertz CT molecular complexity index is 809. The minimum absolute atomic E-state index is 0.00645. The van der Waals surface area contributed by atoms with Crippen LogP contribution in [-0.2, 0) is 21.4 Å². The van der Waals surface area contributed by atoms with Crippen LogP contribution in [-0.4, -0.2) is 24.5 Å². The number of hydrogen-bond acceptors (Lipinski definition) is 3. The SMILES string of the molecule is O=C1OC(C(=O)NCC2(c3ccccc3)CCCC2)Cc2ccccc21. The molecule has 0 spiro atoms. The summed E-state index contributed by atoms with van der Waals surface area (Å²) >= 11 is 0. The van der Waals surface area contributed by atoms with Crippen LogP contribution in [0, 0.1) is 0 Å². The van der Waals surface area contributed by atoms with Gasteiger partial charge >= 0.3 is 5.97 Å². The summed E-state index contributed by atoms with van der Waals surface area (Å²) < 4.78 is 5.38. The average Bonchev–Trinajstić information content (AvgIpc) is 3.17. The quantitative estimate of drug-likeness (QED) is 0.861. The van der Waals surface area contributed by atoms with Crippen molar-refractivity contribution in [2.24, 2.45) is 0 Å². The summed E-state index contributed by atoms with van der Waals surface area (Å²) in [5, 5.41) is 3.07. The van der Waals surface area contributed by atoms with E-state index in [0.717, 1.165) is 18.4 Å². The minimum Gasteiger partial charge on any atom is -0.448 e. The lowest BCUT2D eigenvalue weighted by atomic mass is 9.79. The molecule has 0 bridgehead atoms. The molecular weight excluding hydrogens is 326 g/mol. The molecule has 134 valence electrons. The molecule has 4 rings (SSSR count). The van der Waals surface area contributed by atoms with Gasteiger partial charge in [0.2, 0.25) is 0 Å². The van der Waals surface area contributed by atoms with Gasteiger partial charge in [0.1, 0.15) is 0 Å². The predicted molar refractivity (Wildman–Crippen MR) is 98.9 cm³/mol. The Morgan fingerprint density at radius 2 is 1.73 bits per heavy atom. The van der Waals surface area contributed by atoms with Gasteiger partial charge in [0, 0.05) is 18.4 Å². The van der Waals surface area contributed by atoms with Gasteiger partial charge in [-0.25, -0.2) is 4.79 Å². The molecule has 1 amide bonds. The second-order valence-corrected chi connectivity index (χ2v) is 7.33. The highest BCUT2D eigenvalue weighted by Crippen LogP contribution is 2.40. The van der Waals surface area contributed by atoms with Gasteiger partial charge in [-0.3, -0.25) is 4.79 Å². The predicted octanol–water partition coefficient (Wildman–Crippen LogP) is 3.40. The Morgan fingerprint density at radius 1 is 1.04 bits per heavy atom. The fraction of sp³-hybridized carbons (Fsp3) is 0.364. The van der Waals surface area contributed by atoms with Crippen molar-refractivity contribution in [2.45, 2.75) is 43.6 Å². The summed E-state index contributed by atoms with van der Waals surface area (Å²) in [6.07, 6.45) is 4.19. The lowest BCUT2D eigenvalue weighted by molar-refractivity contribution is -0.130. The fourth-order valence-electron chi connectivity index (χ4n) is 4.26. The Morgan fingerprint density at radius 3 is 2.50 bits per heavy atom. The summed E-state index contributed by atoms with van der Waals surface area (Å²) in [5.74, 6) is -0.610. The number of amides is 1. The molecule has 26 heavy (non-hydrogen) atoms. The van der Waals surface area contributed by atoms with Crippen LogP contribution < -0.4 is 5.32 Å². The van der Waals surface area contributed by atoms with E-state index >= 15 is 0 Å². The fourth-order valence-corrected chi connectivity index (χ4v) is 4.26. The number of ether oxygens (including phenoxy) is 1. The number of cyclic esters (lactones) is 1.